The molecular formula is C12H11F5N2O2. The second-order valence-electron chi connectivity index (χ2n) is 4.71. The van der Waals surface area contributed by atoms with Gasteiger partial charge < -0.3 is 10.4 Å². The smallest absolute Gasteiger partial charge is 0.475 e. The minimum atomic E-state index is -5.08. The average Bonchev–Trinajstić information content (AvgIpc) is 2.81. The molecule has 0 unspecified atom stereocenters. The molecule has 3 rings (SSSR count). The zero-order chi connectivity index (χ0) is 15.8. The van der Waals surface area contributed by atoms with Crippen LogP contribution < -0.4 is 5.32 Å². The highest BCUT2D eigenvalue weighted by Crippen LogP contribution is 2.43. The molecule has 1 fully saturated rings. The van der Waals surface area contributed by atoms with Crippen molar-refractivity contribution in [1.29, 1.82) is 0 Å². The Morgan fingerprint density at radius 1 is 1.38 bits per heavy atom. The molecule has 0 aliphatic carbocycles. The van der Waals surface area contributed by atoms with Crippen molar-refractivity contribution in [1.82, 2.24) is 10.3 Å². The largest absolute Gasteiger partial charge is 0.490 e. The number of hydrogen-bond donors (Lipinski definition) is 2. The quantitative estimate of drug-likeness (QED) is 0.571. The topological polar surface area (TPSA) is 62.2 Å². The SMILES string of the molecule is Fc1nccc2c1[C@H](F)[C@@H]1CC[C@H]2N1.O=C(O)C(F)(F)F. The first kappa shape index (κ1) is 15.6. The second-order valence-corrected chi connectivity index (χ2v) is 4.71. The summed E-state index contributed by atoms with van der Waals surface area (Å²) in [7, 11) is 0. The van der Waals surface area contributed by atoms with Gasteiger partial charge in [0.2, 0.25) is 5.95 Å². The van der Waals surface area contributed by atoms with Gasteiger partial charge in [0.25, 0.3) is 0 Å². The third-order valence-electron chi connectivity index (χ3n) is 3.40. The van der Waals surface area contributed by atoms with Crippen molar-refractivity contribution in [2.24, 2.45) is 0 Å². The van der Waals surface area contributed by atoms with Gasteiger partial charge in [-0.3, -0.25) is 0 Å². The van der Waals surface area contributed by atoms with E-state index >= 15 is 0 Å². The summed E-state index contributed by atoms with van der Waals surface area (Å²) < 4.78 is 58.8. The highest BCUT2D eigenvalue weighted by atomic mass is 19.4. The highest BCUT2D eigenvalue weighted by molar-refractivity contribution is 5.73. The molecule has 9 heteroatoms. The molecule has 3 atom stereocenters. The number of carbonyl (C=O) groups is 1. The van der Waals surface area contributed by atoms with E-state index in [1.807, 2.05) is 0 Å². The summed E-state index contributed by atoms with van der Waals surface area (Å²) in [6.07, 6.45) is -3.25. The van der Waals surface area contributed by atoms with Gasteiger partial charge in [-0.2, -0.15) is 17.6 Å². The Bertz CT molecular complexity index is 549. The molecule has 2 N–H and O–H groups in total. The monoisotopic (exact) mass is 310 g/mol. The van der Waals surface area contributed by atoms with E-state index in [1.165, 1.54) is 6.20 Å². The lowest BCUT2D eigenvalue weighted by molar-refractivity contribution is -0.192. The number of carboxylic acids is 1. The van der Waals surface area contributed by atoms with Gasteiger partial charge in [-0.05, 0) is 24.5 Å². The van der Waals surface area contributed by atoms with Gasteiger partial charge >= 0.3 is 12.1 Å². The number of nitrogens with zero attached hydrogens (tertiary/aromatic N) is 1. The Kier molecular flexibility index (Phi) is 4.13. The number of aromatic nitrogens is 1. The summed E-state index contributed by atoms with van der Waals surface area (Å²) in [5, 5.41) is 10.3. The Labute approximate surface area is 116 Å². The van der Waals surface area contributed by atoms with Crippen LogP contribution in [0.1, 0.15) is 36.2 Å². The number of rotatable bonds is 0. The maximum absolute atomic E-state index is 13.8. The summed E-state index contributed by atoms with van der Waals surface area (Å²) in [6.45, 7) is 0. The van der Waals surface area contributed by atoms with Gasteiger partial charge in [0.1, 0.15) is 6.17 Å². The first-order valence-electron chi connectivity index (χ1n) is 6.06. The molecule has 1 aromatic rings. The molecule has 3 heterocycles. The van der Waals surface area contributed by atoms with Gasteiger partial charge in [-0.15, -0.1) is 0 Å². The van der Waals surface area contributed by atoms with Crippen LogP contribution in [0.5, 0.6) is 0 Å². The summed E-state index contributed by atoms with van der Waals surface area (Å²) in [4.78, 5) is 12.4. The number of nitrogens with one attached hydrogen (secondary N) is 1. The average molecular weight is 310 g/mol. The fourth-order valence-electron chi connectivity index (χ4n) is 2.49. The summed E-state index contributed by atoms with van der Waals surface area (Å²) in [5.41, 5.74) is 0.928. The summed E-state index contributed by atoms with van der Waals surface area (Å²) >= 11 is 0. The van der Waals surface area contributed by atoms with Crippen molar-refractivity contribution in [2.75, 3.05) is 0 Å². The third kappa shape index (κ3) is 3.12. The van der Waals surface area contributed by atoms with E-state index in [1.54, 1.807) is 6.07 Å². The molecule has 0 spiro atoms. The molecule has 0 amide bonds. The highest BCUT2D eigenvalue weighted by Gasteiger charge is 2.41. The van der Waals surface area contributed by atoms with Gasteiger partial charge in [0, 0.05) is 23.8 Å². The van der Waals surface area contributed by atoms with E-state index in [4.69, 9.17) is 9.90 Å². The van der Waals surface area contributed by atoms with Crippen molar-refractivity contribution in [3.05, 3.63) is 29.3 Å². The maximum Gasteiger partial charge on any atom is 0.490 e. The van der Waals surface area contributed by atoms with Crippen LogP contribution in [0.15, 0.2) is 12.3 Å². The summed E-state index contributed by atoms with van der Waals surface area (Å²) in [5.74, 6) is -3.40. The number of fused-ring (bicyclic) bond motifs is 4. The van der Waals surface area contributed by atoms with Crippen LogP contribution in [0.25, 0.3) is 0 Å². The molecule has 0 aromatic carbocycles. The van der Waals surface area contributed by atoms with E-state index in [0.717, 1.165) is 18.4 Å². The van der Waals surface area contributed by atoms with E-state index in [9.17, 15) is 22.0 Å². The van der Waals surface area contributed by atoms with Gasteiger partial charge in [0.05, 0.1) is 0 Å². The molecule has 116 valence electrons. The standard InChI is InChI=1S/C10H10F2N2.C2HF3O2/c11-9-7-2-1-6(14-7)5-3-4-13-10(12)8(5)9;3-2(4,5)1(6)7/h3-4,6-7,9,14H,1-2H2;(H,6,7)/t6-,7+,9-;/m1./s1. The van der Waals surface area contributed by atoms with Crippen LogP contribution in [0.3, 0.4) is 0 Å². The maximum atomic E-state index is 13.8. The van der Waals surface area contributed by atoms with Crippen molar-refractivity contribution in [2.45, 2.75) is 37.3 Å². The molecule has 4 nitrogen and oxygen atoms in total. The Balaban J connectivity index is 0.000000199. The number of carboxylic acid groups (broad SMARTS) is 1. The molecule has 0 saturated carbocycles. The van der Waals surface area contributed by atoms with Crippen LogP contribution >= 0.6 is 0 Å². The molecule has 2 aliphatic rings. The van der Waals surface area contributed by atoms with E-state index in [-0.39, 0.29) is 17.6 Å². The van der Waals surface area contributed by atoms with Crippen LogP contribution in [0.4, 0.5) is 22.0 Å². The predicted octanol–water partition coefficient (Wildman–Crippen LogP) is 2.67. The van der Waals surface area contributed by atoms with Gasteiger partial charge in [0.15, 0.2) is 0 Å². The van der Waals surface area contributed by atoms with Crippen molar-refractivity contribution in [3.8, 4) is 0 Å². The van der Waals surface area contributed by atoms with Crippen LogP contribution in [0.2, 0.25) is 0 Å². The number of alkyl halides is 4. The van der Waals surface area contributed by atoms with E-state index in [2.05, 4.69) is 10.3 Å². The van der Waals surface area contributed by atoms with Crippen LogP contribution in [-0.4, -0.2) is 28.3 Å². The molecule has 2 bridgehead atoms. The Hall–Kier alpha value is -1.77. The molecule has 0 radical (unpaired) electrons. The van der Waals surface area contributed by atoms with Crippen molar-refractivity contribution >= 4 is 5.97 Å². The number of aliphatic carboxylic acids is 1. The Morgan fingerprint density at radius 2 is 2.00 bits per heavy atom. The summed E-state index contributed by atoms with van der Waals surface area (Å²) in [6, 6.07) is 1.62. The lowest BCUT2D eigenvalue weighted by atomic mass is 9.95. The zero-order valence-electron chi connectivity index (χ0n) is 10.5. The van der Waals surface area contributed by atoms with Gasteiger partial charge in [-0.1, -0.05) is 0 Å². The fourth-order valence-corrected chi connectivity index (χ4v) is 2.49. The number of halogens is 5. The minimum Gasteiger partial charge on any atom is -0.475 e. The first-order chi connectivity index (χ1) is 9.71. The minimum absolute atomic E-state index is 0.125. The van der Waals surface area contributed by atoms with Crippen molar-refractivity contribution < 1.29 is 31.9 Å². The van der Waals surface area contributed by atoms with E-state index in [0.29, 0.717) is 0 Å². The third-order valence-corrected chi connectivity index (χ3v) is 3.40. The van der Waals surface area contributed by atoms with Crippen LogP contribution in [0, 0.1) is 5.95 Å². The molecule has 21 heavy (non-hydrogen) atoms. The zero-order valence-corrected chi connectivity index (χ0v) is 10.5. The van der Waals surface area contributed by atoms with E-state index < -0.39 is 24.3 Å². The first-order valence-corrected chi connectivity index (χ1v) is 6.06. The van der Waals surface area contributed by atoms with Crippen molar-refractivity contribution in [3.63, 3.8) is 0 Å². The van der Waals surface area contributed by atoms with Gasteiger partial charge in [-0.25, -0.2) is 14.2 Å². The Morgan fingerprint density at radius 3 is 2.57 bits per heavy atom. The number of hydrogen-bond acceptors (Lipinski definition) is 3. The van der Waals surface area contributed by atoms with Crippen LogP contribution in [-0.2, 0) is 4.79 Å². The molecule has 2 aliphatic heterocycles. The lowest BCUT2D eigenvalue weighted by Crippen LogP contribution is -2.34. The predicted molar refractivity (Wildman–Crippen MR) is 60.6 cm³/mol. The number of pyridine rings is 1. The lowest BCUT2D eigenvalue weighted by Gasteiger charge is -2.27. The second kappa shape index (κ2) is 5.55. The molecule has 1 aromatic heterocycles. The fraction of sp³-hybridized carbons (Fsp3) is 0.500. The normalized spacial score (nSPS) is 26.6. The molecular weight excluding hydrogens is 299 g/mol. The molecule has 1 saturated heterocycles.